The van der Waals surface area contributed by atoms with Gasteiger partial charge in [0.15, 0.2) is 0 Å². The Balaban J connectivity index is 2.20. The van der Waals surface area contributed by atoms with Crippen LogP contribution in [-0.2, 0) is 0 Å². The van der Waals surface area contributed by atoms with E-state index in [1.165, 1.54) is 24.8 Å². The van der Waals surface area contributed by atoms with Crippen LogP contribution in [0.3, 0.4) is 0 Å². The van der Waals surface area contributed by atoms with Crippen molar-refractivity contribution >= 4 is 0 Å². The van der Waals surface area contributed by atoms with Gasteiger partial charge in [-0.25, -0.2) is 0 Å². The summed E-state index contributed by atoms with van der Waals surface area (Å²) < 4.78 is 5.57. The number of hydrogen-bond donors (Lipinski definition) is 1. The summed E-state index contributed by atoms with van der Waals surface area (Å²) in [5, 5.41) is 3.65. The molecular formula is C16H26N2O. The average Bonchev–Trinajstić information content (AvgIpc) is 2.83. The Morgan fingerprint density at radius 1 is 1.37 bits per heavy atom. The lowest BCUT2D eigenvalue weighted by molar-refractivity contribution is 0.302. The molecule has 19 heavy (non-hydrogen) atoms. The molecule has 0 bridgehead atoms. The van der Waals surface area contributed by atoms with Crippen molar-refractivity contribution in [3.63, 3.8) is 0 Å². The Kier molecular flexibility index (Phi) is 5.20. The largest absolute Gasteiger partial charge is 0.492 e. The minimum atomic E-state index is 0.412. The minimum absolute atomic E-state index is 0.412. The van der Waals surface area contributed by atoms with E-state index in [1.807, 2.05) is 13.1 Å². The molecule has 1 aromatic heterocycles. The Morgan fingerprint density at radius 2 is 2.21 bits per heavy atom. The van der Waals surface area contributed by atoms with Crippen LogP contribution in [0.15, 0.2) is 18.5 Å². The smallest absolute Gasteiger partial charge is 0.137 e. The van der Waals surface area contributed by atoms with Gasteiger partial charge in [-0.15, -0.1) is 0 Å². The summed E-state index contributed by atoms with van der Waals surface area (Å²) in [5.74, 6) is 2.40. The summed E-state index contributed by atoms with van der Waals surface area (Å²) in [6, 6.07) is 2.56. The molecule has 1 fully saturated rings. The predicted molar refractivity (Wildman–Crippen MR) is 78.3 cm³/mol. The second kappa shape index (κ2) is 6.90. The Hall–Kier alpha value is -1.09. The average molecular weight is 262 g/mol. The van der Waals surface area contributed by atoms with E-state index in [0.717, 1.165) is 24.1 Å². The fourth-order valence-electron chi connectivity index (χ4n) is 3.26. The fourth-order valence-corrected chi connectivity index (χ4v) is 3.26. The molecule has 0 saturated heterocycles. The third kappa shape index (κ3) is 3.47. The zero-order valence-corrected chi connectivity index (χ0v) is 12.4. The van der Waals surface area contributed by atoms with Crippen LogP contribution < -0.4 is 10.1 Å². The molecule has 0 aromatic carbocycles. The van der Waals surface area contributed by atoms with Gasteiger partial charge < -0.3 is 10.1 Å². The molecule has 3 atom stereocenters. The van der Waals surface area contributed by atoms with Gasteiger partial charge in [-0.05, 0) is 43.4 Å². The number of nitrogens with zero attached hydrogens (tertiary/aromatic N) is 1. The van der Waals surface area contributed by atoms with Crippen molar-refractivity contribution in [2.24, 2.45) is 11.8 Å². The molecule has 1 N–H and O–H groups in total. The topological polar surface area (TPSA) is 34.2 Å². The maximum atomic E-state index is 5.57. The zero-order chi connectivity index (χ0) is 13.7. The molecule has 2 rings (SSSR count). The summed E-state index contributed by atoms with van der Waals surface area (Å²) in [6.45, 7) is 8.24. The number of pyridine rings is 1. The highest BCUT2D eigenvalue weighted by Gasteiger charge is 2.31. The van der Waals surface area contributed by atoms with E-state index in [-0.39, 0.29) is 0 Å². The van der Waals surface area contributed by atoms with Crippen molar-refractivity contribution in [3.8, 4) is 5.75 Å². The van der Waals surface area contributed by atoms with Crippen molar-refractivity contribution in [3.05, 3.63) is 24.0 Å². The van der Waals surface area contributed by atoms with Crippen molar-refractivity contribution in [2.75, 3.05) is 13.2 Å². The first-order valence-electron chi connectivity index (χ1n) is 7.57. The van der Waals surface area contributed by atoms with E-state index < -0.39 is 0 Å². The van der Waals surface area contributed by atoms with Crippen molar-refractivity contribution in [2.45, 2.75) is 46.1 Å². The molecule has 0 aliphatic heterocycles. The summed E-state index contributed by atoms with van der Waals surface area (Å²) in [7, 11) is 0. The maximum absolute atomic E-state index is 5.57. The van der Waals surface area contributed by atoms with Gasteiger partial charge >= 0.3 is 0 Å². The molecule has 1 aliphatic carbocycles. The minimum Gasteiger partial charge on any atom is -0.492 e. The number of rotatable bonds is 6. The third-order valence-electron chi connectivity index (χ3n) is 4.18. The highest BCUT2D eigenvalue weighted by Crippen LogP contribution is 2.40. The van der Waals surface area contributed by atoms with E-state index in [0.29, 0.717) is 12.6 Å². The van der Waals surface area contributed by atoms with Crippen LogP contribution in [0.25, 0.3) is 0 Å². The number of ether oxygens (including phenoxy) is 1. The van der Waals surface area contributed by atoms with E-state index >= 15 is 0 Å². The van der Waals surface area contributed by atoms with Crippen LogP contribution in [0, 0.1) is 11.8 Å². The Bertz CT molecular complexity index is 394. The molecule has 1 aromatic rings. The van der Waals surface area contributed by atoms with Gasteiger partial charge in [0.1, 0.15) is 5.75 Å². The molecule has 1 aliphatic rings. The lowest BCUT2D eigenvalue weighted by Gasteiger charge is -2.28. The molecule has 1 saturated carbocycles. The highest BCUT2D eigenvalue weighted by molar-refractivity contribution is 5.27. The van der Waals surface area contributed by atoms with Gasteiger partial charge in [0.2, 0.25) is 0 Å². The number of hydrogen-bond acceptors (Lipinski definition) is 3. The van der Waals surface area contributed by atoms with Crippen LogP contribution in [-0.4, -0.2) is 18.1 Å². The quantitative estimate of drug-likeness (QED) is 0.851. The monoisotopic (exact) mass is 262 g/mol. The van der Waals surface area contributed by atoms with Crippen molar-refractivity contribution < 1.29 is 4.74 Å². The molecule has 3 heteroatoms. The predicted octanol–water partition coefficient (Wildman–Crippen LogP) is 3.57. The van der Waals surface area contributed by atoms with Crippen LogP contribution >= 0.6 is 0 Å². The van der Waals surface area contributed by atoms with Gasteiger partial charge in [0, 0.05) is 12.2 Å². The van der Waals surface area contributed by atoms with E-state index in [4.69, 9.17) is 4.74 Å². The lowest BCUT2D eigenvalue weighted by Crippen LogP contribution is -2.29. The van der Waals surface area contributed by atoms with Gasteiger partial charge in [-0.3, -0.25) is 4.98 Å². The van der Waals surface area contributed by atoms with Crippen molar-refractivity contribution in [1.29, 1.82) is 0 Å². The molecular weight excluding hydrogens is 236 g/mol. The zero-order valence-electron chi connectivity index (χ0n) is 12.4. The Morgan fingerprint density at radius 3 is 2.84 bits per heavy atom. The van der Waals surface area contributed by atoms with Gasteiger partial charge in [0.25, 0.3) is 0 Å². The summed E-state index contributed by atoms with van der Waals surface area (Å²) in [5.41, 5.74) is 1.27. The first kappa shape index (κ1) is 14.3. The SMILES string of the molecule is CCNC(c1cncc(OCC)c1)C1CCCC1C. The molecule has 106 valence electrons. The van der Waals surface area contributed by atoms with Gasteiger partial charge in [-0.1, -0.05) is 26.7 Å². The second-order valence-electron chi connectivity index (χ2n) is 5.49. The first-order valence-corrected chi connectivity index (χ1v) is 7.57. The highest BCUT2D eigenvalue weighted by atomic mass is 16.5. The number of nitrogens with one attached hydrogen (secondary N) is 1. The Labute approximate surface area is 116 Å². The maximum Gasteiger partial charge on any atom is 0.137 e. The molecule has 1 heterocycles. The van der Waals surface area contributed by atoms with E-state index in [1.54, 1.807) is 6.20 Å². The van der Waals surface area contributed by atoms with Crippen LogP contribution in [0.5, 0.6) is 5.75 Å². The van der Waals surface area contributed by atoms with Gasteiger partial charge in [-0.2, -0.15) is 0 Å². The number of aromatic nitrogens is 1. The molecule has 3 unspecified atom stereocenters. The molecule has 3 nitrogen and oxygen atoms in total. The summed E-state index contributed by atoms with van der Waals surface area (Å²) >= 11 is 0. The van der Waals surface area contributed by atoms with E-state index in [9.17, 15) is 0 Å². The normalized spacial score (nSPS) is 24.4. The standard InChI is InChI=1S/C16H26N2O/c1-4-18-16(15-8-6-7-12(15)3)13-9-14(19-5-2)11-17-10-13/h9-12,15-16,18H,4-8H2,1-3H3. The molecule has 0 radical (unpaired) electrons. The summed E-state index contributed by atoms with van der Waals surface area (Å²) in [4.78, 5) is 4.34. The summed E-state index contributed by atoms with van der Waals surface area (Å²) in [6.07, 6.45) is 7.81. The molecule has 0 amide bonds. The van der Waals surface area contributed by atoms with Crippen LogP contribution in [0.2, 0.25) is 0 Å². The van der Waals surface area contributed by atoms with Crippen LogP contribution in [0.4, 0.5) is 0 Å². The second-order valence-corrected chi connectivity index (χ2v) is 5.49. The lowest BCUT2D eigenvalue weighted by atomic mass is 9.86. The van der Waals surface area contributed by atoms with Crippen LogP contribution in [0.1, 0.15) is 51.6 Å². The van der Waals surface area contributed by atoms with E-state index in [2.05, 4.69) is 30.2 Å². The first-order chi connectivity index (χ1) is 9.26. The third-order valence-corrected chi connectivity index (χ3v) is 4.18. The van der Waals surface area contributed by atoms with Gasteiger partial charge in [0.05, 0.1) is 12.8 Å². The van der Waals surface area contributed by atoms with Crippen molar-refractivity contribution in [1.82, 2.24) is 10.3 Å². The fraction of sp³-hybridized carbons (Fsp3) is 0.688. The molecule has 0 spiro atoms.